The molecule has 1 unspecified atom stereocenters. The number of sulfone groups is 1. The number of hydrogen-bond acceptors (Lipinski definition) is 7. The van der Waals surface area contributed by atoms with Crippen LogP contribution in [0.1, 0.15) is 13.3 Å². The number of quaternary nitrogens is 1. The van der Waals surface area contributed by atoms with Crippen molar-refractivity contribution in [1.82, 2.24) is 9.78 Å². The molecule has 1 aliphatic heterocycles. The van der Waals surface area contributed by atoms with E-state index >= 15 is 0 Å². The number of methoxy groups -OCH3 is 1. The van der Waals surface area contributed by atoms with E-state index in [1.165, 1.54) is 16.2 Å². The topological polar surface area (TPSA) is 77.7 Å². The Balaban J connectivity index is 1.69. The number of nitrogens with one attached hydrogen (secondary N) is 2. The standard InChI is InChI=1S/C16H22N4O3S3/c1-3-19(13-8-9-26(21,22)10-13)11-20-16(24)25-15(18-20)17-12-4-6-14(23-2)7-5-12/h4-7,13H,3,8-11H2,1-2H3,(H,17,18)/p+1/t13-/m0/s1. The minimum Gasteiger partial charge on any atom is -0.497 e. The summed E-state index contributed by atoms with van der Waals surface area (Å²) in [6.45, 7) is 3.48. The lowest BCUT2D eigenvalue weighted by atomic mass is 10.2. The van der Waals surface area contributed by atoms with Crippen LogP contribution in [0.15, 0.2) is 24.3 Å². The summed E-state index contributed by atoms with van der Waals surface area (Å²) in [6.07, 6.45) is 0.708. The van der Waals surface area contributed by atoms with Gasteiger partial charge in [-0.2, -0.15) is 4.68 Å². The van der Waals surface area contributed by atoms with Crippen LogP contribution in [-0.2, 0) is 16.5 Å². The van der Waals surface area contributed by atoms with Crippen molar-refractivity contribution in [3.63, 3.8) is 0 Å². The van der Waals surface area contributed by atoms with Crippen LogP contribution < -0.4 is 15.0 Å². The zero-order valence-electron chi connectivity index (χ0n) is 14.8. The van der Waals surface area contributed by atoms with Crippen LogP contribution in [0, 0.1) is 3.95 Å². The molecule has 0 amide bonds. The Morgan fingerprint density at radius 2 is 2.15 bits per heavy atom. The molecule has 1 saturated heterocycles. The van der Waals surface area contributed by atoms with Crippen LogP contribution in [0.25, 0.3) is 0 Å². The molecule has 1 aromatic carbocycles. The van der Waals surface area contributed by atoms with Crippen molar-refractivity contribution in [2.75, 3.05) is 30.5 Å². The summed E-state index contributed by atoms with van der Waals surface area (Å²) in [4.78, 5) is 1.20. The molecule has 10 heteroatoms. The Kier molecular flexibility index (Phi) is 5.96. The van der Waals surface area contributed by atoms with Crippen LogP contribution in [0.4, 0.5) is 10.8 Å². The predicted molar refractivity (Wildman–Crippen MR) is 106 cm³/mol. The summed E-state index contributed by atoms with van der Waals surface area (Å²) in [6, 6.07) is 7.71. The molecule has 2 N–H and O–H groups in total. The number of hydrogen-bond donors (Lipinski definition) is 2. The third kappa shape index (κ3) is 4.61. The maximum absolute atomic E-state index is 11.8. The number of aromatic nitrogens is 2. The van der Waals surface area contributed by atoms with Crippen molar-refractivity contribution in [1.29, 1.82) is 0 Å². The van der Waals surface area contributed by atoms with Gasteiger partial charge in [-0.1, -0.05) is 11.3 Å². The summed E-state index contributed by atoms with van der Waals surface area (Å²) in [5, 5.41) is 8.53. The van der Waals surface area contributed by atoms with Gasteiger partial charge < -0.3 is 15.0 Å². The van der Waals surface area contributed by atoms with Gasteiger partial charge in [0.2, 0.25) is 5.13 Å². The van der Waals surface area contributed by atoms with E-state index in [-0.39, 0.29) is 17.5 Å². The van der Waals surface area contributed by atoms with Gasteiger partial charge in [0.15, 0.2) is 20.5 Å². The van der Waals surface area contributed by atoms with Crippen molar-refractivity contribution in [2.45, 2.75) is 26.1 Å². The molecule has 2 aromatic rings. The molecule has 7 nitrogen and oxygen atoms in total. The van der Waals surface area contributed by atoms with E-state index in [1.807, 2.05) is 24.3 Å². The van der Waals surface area contributed by atoms with Gasteiger partial charge in [-0.15, -0.1) is 5.10 Å². The summed E-state index contributed by atoms with van der Waals surface area (Å²) in [5.74, 6) is 1.33. The quantitative estimate of drug-likeness (QED) is 0.667. The van der Waals surface area contributed by atoms with E-state index in [4.69, 9.17) is 17.0 Å². The molecule has 0 bridgehead atoms. The smallest absolute Gasteiger partial charge is 0.209 e. The average Bonchev–Trinajstić information content (AvgIpc) is 3.15. The summed E-state index contributed by atoms with van der Waals surface area (Å²) < 4.78 is 31.1. The number of rotatable bonds is 7. The van der Waals surface area contributed by atoms with Crippen LogP contribution in [-0.4, -0.2) is 49.4 Å². The van der Waals surface area contributed by atoms with Crippen molar-refractivity contribution in [3.05, 3.63) is 28.2 Å². The minimum atomic E-state index is -2.89. The lowest BCUT2D eigenvalue weighted by Crippen LogP contribution is -3.15. The molecule has 0 radical (unpaired) electrons. The highest BCUT2D eigenvalue weighted by Gasteiger charge is 2.35. The van der Waals surface area contributed by atoms with E-state index < -0.39 is 9.84 Å². The first-order valence-electron chi connectivity index (χ1n) is 8.44. The SMILES string of the molecule is CC[NH+](Cn1nc(Nc2ccc(OC)cc2)sc1=S)[C@H]1CCS(=O)(=O)C1. The summed E-state index contributed by atoms with van der Waals surface area (Å²) in [5.41, 5.74) is 0.906. The fourth-order valence-electron chi connectivity index (χ4n) is 3.09. The van der Waals surface area contributed by atoms with Crippen molar-refractivity contribution in [2.24, 2.45) is 0 Å². The maximum Gasteiger partial charge on any atom is 0.209 e. The Hall–Kier alpha value is -1.49. The number of anilines is 2. The average molecular weight is 416 g/mol. The molecule has 142 valence electrons. The van der Waals surface area contributed by atoms with Crippen LogP contribution in [0.3, 0.4) is 0 Å². The minimum absolute atomic E-state index is 0.117. The normalized spacial score (nSPS) is 20.0. The van der Waals surface area contributed by atoms with Crippen LogP contribution >= 0.6 is 23.6 Å². The van der Waals surface area contributed by atoms with Gasteiger partial charge in [0, 0.05) is 12.1 Å². The predicted octanol–water partition coefficient (Wildman–Crippen LogP) is 1.48. The van der Waals surface area contributed by atoms with Gasteiger partial charge >= 0.3 is 0 Å². The van der Waals surface area contributed by atoms with Gasteiger partial charge in [0.1, 0.15) is 17.5 Å². The lowest BCUT2D eigenvalue weighted by molar-refractivity contribution is -0.943. The highest BCUT2D eigenvalue weighted by Crippen LogP contribution is 2.22. The maximum atomic E-state index is 11.8. The van der Waals surface area contributed by atoms with Crippen LogP contribution in [0.2, 0.25) is 0 Å². The van der Waals surface area contributed by atoms with Gasteiger partial charge in [0.05, 0.1) is 19.4 Å². The van der Waals surface area contributed by atoms with Crippen molar-refractivity contribution in [3.8, 4) is 5.75 Å². The zero-order valence-corrected chi connectivity index (χ0v) is 17.2. The highest BCUT2D eigenvalue weighted by atomic mass is 32.2. The molecule has 2 heterocycles. The first-order chi connectivity index (χ1) is 12.4. The highest BCUT2D eigenvalue weighted by molar-refractivity contribution is 7.91. The molecule has 2 atom stereocenters. The fraction of sp³-hybridized carbons (Fsp3) is 0.500. The molecule has 1 aliphatic rings. The molecule has 0 aliphatic carbocycles. The fourth-order valence-corrected chi connectivity index (χ4v) is 5.95. The Morgan fingerprint density at radius 3 is 2.73 bits per heavy atom. The monoisotopic (exact) mass is 415 g/mol. The zero-order chi connectivity index (χ0) is 18.7. The van der Waals surface area contributed by atoms with E-state index in [2.05, 4.69) is 17.3 Å². The lowest BCUT2D eigenvalue weighted by Gasteiger charge is -2.22. The second kappa shape index (κ2) is 8.03. The number of nitrogens with zero attached hydrogens (tertiary/aromatic N) is 2. The number of benzene rings is 1. The van der Waals surface area contributed by atoms with Gasteiger partial charge in [-0.25, -0.2) is 8.42 Å². The molecule has 1 fully saturated rings. The first-order valence-corrected chi connectivity index (χ1v) is 11.5. The largest absolute Gasteiger partial charge is 0.497 e. The Labute approximate surface area is 162 Å². The van der Waals surface area contributed by atoms with E-state index in [9.17, 15) is 8.42 Å². The number of ether oxygens (including phenoxy) is 1. The third-order valence-electron chi connectivity index (χ3n) is 4.56. The van der Waals surface area contributed by atoms with Crippen molar-refractivity contribution < 1.29 is 18.1 Å². The van der Waals surface area contributed by atoms with E-state index in [0.717, 1.165) is 23.1 Å². The Bertz CT molecular complexity index is 906. The van der Waals surface area contributed by atoms with E-state index in [1.54, 1.807) is 11.8 Å². The molecular weight excluding hydrogens is 392 g/mol. The third-order valence-corrected chi connectivity index (χ3v) is 7.56. The van der Waals surface area contributed by atoms with Gasteiger partial charge in [-0.05, 0) is 43.4 Å². The molecule has 26 heavy (non-hydrogen) atoms. The molecule has 3 rings (SSSR count). The van der Waals surface area contributed by atoms with Gasteiger partial charge in [-0.3, -0.25) is 0 Å². The van der Waals surface area contributed by atoms with E-state index in [0.29, 0.717) is 17.0 Å². The first kappa shape index (κ1) is 19.3. The molecule has 1 aromatic heterocycles. The Morgan fingerprint density at radius 1 is 1.42 bits per heavy atom. The molecule has 0 spiro atoms. The second-order valence-electron chi connectivity index (χ2n) is 6.30. The summed E-state index contributed by atoms with van der Waals surface area (Å²) in [7, 11) is -1.26. The molecule has 0 saturated carbocycles. The summed E-state index contributed by atoms with van der Waals surface area (Å²) >= 11 is 6.85. The second-order valence-corrected chi connectivity index (χ2v) is 10.1. The molecular formula is C16H23N4O3S3+. The van der Waals surface area contributed by atoms with Gasteiger partial charge in [0.25, 0.3) is 0 Å². The van der Waals surface area contributed by atoms with Crippen LogP contribution in [0.5, 0.6) is 5.75 Å². The van der Waals surface area contributed by atoms with Crippen molar-refractivity contribution >= 4 is 44.2 Å².